The first-order valence-corrected chi connectivity index (χ1v) is 11.2. The van der Waals surface area contributed by atoms with Gasteiger partial charge in [0.1, 0.15) is 5.16 Å². The largest absolute Gasteiger partial charge is 0.333 e. The van der Waals surface area contributed by atoms with E-state index in [0.29, 0.717) is 24.1 Å². The molecule has 2 heterocycles. The lowest BCUT2D eigenvalue weighted by Gasteiger charge is -2.35. The number of aliphatic imine (C=N–C) groups is 2. The van der Waals surface area contributed by atoms with Crippen molar-refractivity contribution in [1.82, 2.24) is 14.5 Å². The number of amides is 1. The molecule has 0 aromatic heterocycles. The second-order valence-electron chi connectivity index (χ2n) is 7.56. The van der Waals surface area contributed by atoms with Crippen LogP contribution in [0, 0.1) is 5.92 Å². The quantitative estimate of drug-likeness (QED) is 0.516. The van der Waals surface area contributed by atoms with Crippen LogP contribution >= 0.6 is 23.5 Å². The number of carbonyl (C=O) groups excluding carboxylic acids is 1. The highest BCUT2D eigenvalue weighted by atomic mass is 35.5. The number of piperazine rings is 1. The Morgan fingerprint density at radius 1 is 1.36 bits per heavy atom. The number of nitrogens with one attached hydrogen (secondary N) is 1. The molecule has 2 saturated heterocycles. The summed E-state index contributed by atoms with van der Waals surface area (Å²) < 4.78 is 2.43. The summed E-state index contributed by atoms with van der Waals surface area (Å²) in [6, 6.07) is -0.0711. The number of rotatable bonds is 6. The zero-order valence-electron chi connectivity index (χ0n) is 17.6. The first-order chi connectivity index (χ1) is 13.2. The van der Waals surface area contributed by atoms with Crippen molar-refractivity contribution in [2.45, 2.75) is 53.5 Å². The van der Waals surface area contributed by atoms with E-state index < -0.39 is 0 Å². The highest BCUT2D eigenvalue weighted by Crippen LogP contribution is 2.23. The van der Waals surface area contributed by atoms with Gasteiger partial charge in [0.2, 0.25) is 0 Å². The van der Waals surface area contributed by atoms with E-state index in [0.717, 1.165) is 43.0 Å². The zero-order chi connectivity index (χ0) is 20.8. The van der Waals surface area contributed by atoms with E-state index in [2.05, 4.69) is 33.1 Å². The third-order valence-corrected chi connectivity index (χ3v) is 5.83. The number of hydrogen-bond donors (Lipinski definition) is 1. The lowest BCUT2D eigenvalue weighted by Crippen LogP contribution is -2.57. The standard InChI is InChI=1S/C20H32ClN5OS/c1-7-28-25-10-8-16(9-11-25)12-22-18-20(27)26(14(4)5)19(23-15(6)21)17(24-18)13(2)3/h14,16H,6-12H2,1-5H3,(H,22,24). The number of nitrogens with zero attached hydrogens (tertiary/aromatic N) is 4. The lowest BCUT2D eigenvalue weighted by atomic mass is 9.98. The van der Waals surface area contributed by atoms with Crippen molar-refractivity contribution in [2.75, 3.05) is 25.4 Å². The van der Waals surface area contributed by atoms with Gasteiger partial charge in [0, 0.05) is 31.4 Å². The predicted molar refractivity (Wildman–Crippen MR) is 121 cm³/mol. The summed E-state index contributed by atoms with van der Waals surface area (Å²) in [4.78, 5) is 23.7. The molecule has 2 rings (SSSR count). The van der Waals surface area contributed by atoms with Crippen LogP contribution in [0.15, 0.2) is 33.0 Å². The molecule has 0 aromatic rings. The molecule has 0 radical (unpaired) electrons. The van der Waals surface area contributed by atoms with Gasteiger partial charge in [-0.25, -0.2) is 4.99 Å². The van der Waals surface area contributed by atoms with Crippen molar-refractivity contribution < 1.29 is 4.79 Å². The molecule has 0 spiro atoms. The Bertz CT molecular complexity index is 689. The van der Waals surface area contributed by atoms with Crippen LogP contribution in [0.2, 0.25) is 0 Å². The van der Waals surface area contributed by atoms with E-state index in [1.54, 1.807) is 4.90 Å². The first kappa shape index (κ1) is 23.0. The van der Waals surface area contributed by atoms with Gasteiger partial charge >= 0.3 is 0 Å². The average molecular weight is 426 g/mol. The maximum Gasteiger partial charge on any atom is 0.295 e. The SMILES string of the molecule is C=C(Cl)N=C1C(=C(C)C)NC(=NCC2CCN(SCC)CC2)C(=O)N1C(C)C. The minimum atomic E-state index is -0.171. The van der Waals surface area contributed by atoms with Crippen molar-refractivity contribution in [2.24, 2.45) is 15.9 Å². The molecule has 28 heavy (non-hydrogen) atoms. The normalized spacial score (nSPS) is 22.3. The van der Waals surface area contributed by atoms with E-state index in [9.17, 15) is 4.79 Å². The van der Waals surface area contributed by atoms with Gasteiger partial charge in [-0.1, -0.05) is 37.1 Å². The van der Waals surface area contributed by atoms with Crippen LogP contribution in [-0.2, 0) is 4.79 Å². The monoisotopic (exact) mass is 425 g/mol. The molecule has 0 atom stereocenters. The van der Waals surface area contributed by atoms with Gasteiger partial charge in [0.15, 0.2) is 11.7 Å². The second-order valence-corrected chi connectivity index (χ2v) is 9.35. The van der Waals surface area contributed by atoms with E-state index in [1.807, 2.05) is 39.6 Å². The number of carbonyl (C=O) groups is 1. The molecular formula is C20H32ClN5OS. The molecule has 0 saturated carbocycles. The van der Waals surface area contributed by atoms with Crippen LogP contribution in [0.4, 0.5) is 0 Å². The summed E-state index contributed by atoms with van der Waals surface area (Å²) in [6.07, 6.45) is 2.22. The molecule has 2 aliphatic rings. The molecule has 0 unspecified atom stereocenters. The van der Waals surface area contributed by atoms with Gasteiger partial charge in [-0.05, 0) is 52.0 Å². The molecule has 2 fully saturated rings. The van der Waals surface area contributed by atoms with Gasteiger partial charge < -0.3 is 5.32 Å². The molecule has 0 aromatic carbocycles. The zero-order valence-corrected chi connectivity index (χ0v) is 19.2. The third-order valence-electron chi connectivity index (χ3n) is 4.75. The minimum absolute atomic E-state index is 0.0711. The number of piperidine rings is 1. The van der Waals surface area contributed by atoms with Gasteiger partial charge in [0.25, 0.3) is 5.91 Å². The summed E-state index contributed by atoms with van der Waals surface area (Å²) in [6.45, 7) is 16.5. The highest BCUT2D eigenvalue weighted by Gasteiger charge is 2.35. The molecule has 1 amide bonds. The maximum atomic E-state index is 13.1. The van der Waals surface area contributed by atoms with Crippen molar-refractivity contribution in [3.8, 4) is 0 Å². The summed E-state index contributed by atoms with van der Waals surface area (Å²) in [7, 11) is 0. The summed E-state index contributed by atoms with van der Waals surface area (Å²) >= 11 is 7.83. The molecule has 156 valence electrons. The van der Waals surface area contributed by atoms with Gasteiger partial charge in [-0.3, -0.25) is 19.0 Å². The van der Waals surface area contributed by atoms with Crippen molar-refractivity contribution in [3.63, 3.8) is 0 Å². The number of allylic oxidation sites excluding steroid dienone is 1. The van der Waals surface area contributed by atoms with Crippen LogP contribution < -0.4 is 5.32 Å². The molecular weight excluding hydrogens is 394 g/mol. The van der Waals surface area contributed by atoms with Crippen molar-refractivity contribution in [3.05, 3.63) is 23.0 Å². The van der Waals surface area contributed by atoms with Gasteiger partial charge in [0.05, 0.1) is 5.70 Å². The highest BCUT2D eigenvalue weighted by molar-refractivity contribution is 7.96. The Hall–Kier alpha value is -1.31. The minimum Gasteiger partial charge on any atom is -0.333 e. The van der Waals surface area contributed by atoms with E-state index in [4.69, 9.17) is 11.6 Å². The van der Waals surface area contributed by atoms with Crippen LogP contribution in [0.5, 0.6) is 0 Å². The second kappa shape index (κ2) is 10.5. The van der Waals surface area contributed by atoms with Gasteiger partial charge in [-0.2, -0.15) is 0 Å². The first-order valence-electron chi connectivity index (χ1n) is 9.88. The molecule has 1 N–H and O–H groups in total. The van der Waals surface area contributed by atoms with E-state index in [1.165, 1.54) is 0 Å². The van der Waals surface area contributed by atoms with Crippen LogP contribution in [0.3, 0.4) is 0 Å². The van der Waals surface area contributed by atoms with E-state index >= 15 is 0 Å². The maximum absolute atomic E-state index is 13.1. The van der Waals surface area contributed by atoms with Crippen LogP contribution in [-0.4, -0.2) is 58.2 Å². The summed E-state index contributed by atoms with van der Waals surface area (Å²) in [5.41, 5.74) is 1.77. The smallest absolute Gasteiger partial charge is 0.295 e. The average Bonchev–Trinajstić information content (AvgIpc) is 2.61. The molecule has 0 aliphatic carbocycles. The Morgan fingerprint density at radius 2 is 2.00 bits per heavy atom. The molecule has 0 bridgehead atoms. The van der Waals surface area contributed by atoms with Crippen LogP contribution in [0.25, 0.3) is 0 Å². The van der Waals surface area contributed by atoms with Crippen molar-refractivity contribution >= 4 is 41.1 Å². The molecule has 6 nitrogen and oxygen atoms in total. The third kappa shape index (κ3) is 5.84. The topological polar surface area (TPSA) is 60.3 Å². The van der Waals surface area contributed by atoms with Gasteiger partial charge in [-0.15, -0.1) is 0 Å². The number of amidine groups is 2. The Balaban J connectivity index is 2.20. The summed E-state index contributed by atoms with van der Waals surface area (Å²) in [5, 5.41) is 3.35. The fraction of sp³-hybridized carbons (Fsp3) is 0.650. The molecule has 2 aliphatic heterocycles. The van der Waals surface area contributed by atoms with E-state index in [-0.39, 0.29) is 17.1 Å². The summed E-state index contributed by atoms with van der Waals surface area (Å²) in [5.74, 6) is 2.34. The van der Waals surface area contributed by atoms with Crippen LogP contribution in [0.1, 0.15) is 47.5 Å². The van der Waals surface area contributed by atoms with Crippen molar-refractivity contribution in [1.29, 1.82) is 0 Å². The number of halogens is 1. The Morgan fingerprint density at radius 3 is 2.50 bits per heavy atom. The Kier molecular flexibility index (Phi) is 8.58. The predicted octanol–water partition coefficient (Wildman–Crippen LogP) is 4.01. The fourth-order valence-corrected chi connectivity index (χ4v) is 4.26. The number of hydrogen-bond acceptors (Lipinski definition) is 5. The Labute approximate surface area is 178 Å². The fourth-order valence-electron chi connectivity index (χ4n) is 3.34. The molecule has 8 heteroatoms. The lowest BCUT2D eigenvalue weighted by molar-refractivity contribution is -0.122.